The van der Waals surface area contributed by atoms with E-state index in [0.29, 0.717) is 11.6 Å². The molecule has 1 N–H and O–H groups in total. The summed E-state index contributed by atoms with van der Waals surface area (Å²) in [6.45, 7) is 5.20. The minimum absolute atomic E-state index is 0.0753. The van der Waals surface area contributed by atoms with E-state index >= 15 is 0 Å². The number of hydrogen-bond acceptors (Lipinski definition) is 6. The van der Waals surface area contributed by atoms with Gasteiger partial charge in [0.15, 0.2) is 6.10 Å². The van der Waals surface area contributed by atoms with Crippen LogP contribution in [0.25, 0.3) is 0 Å². The summed E-state index contributed by atoms with van der Waals surface area (Å²) in [5.74, 6) is -0.462. The number of benzene rings is 1. The van der Waals surface area contributed by atoms with E-state index in [2.05, 4.69) is 12.2 Å². The van der Waals surface area contributed by atoms with Crippen LogP contribution in [0.4, 0.5) is 11.4 Å². The van der Waals surface area contributed by atoms with Crippen LogP contribution in [0.3, 0.4) is 0 Å². The van der Waals surface area contributed by atoms with Crippen molar-refractivity contribution >= 4 is 23.3 Å². The van der Waals surface area contributed by atoms with Gasteiger partial charge in [-0.1, -0.05) is 19.8 Å². The average molecular weight is 403 g/mol. The van der Waals surface area contributed by atoms with Gasteiger partial charge in [0.1, 0.15) is 5.69 Å². The Kier molecular flexibility index (Phi) is 6.71. The van der Waals surface area contributed by atoms with Crippen LogP contribution in [0.2, 0.25) is 0 Å². The number of esters is 1. The normalized spacial score (nSPS) is 19.0. The predicted octanol–water partition coefficient (Wildman–Crippen LogP) is 3.44. The molecule has 1 amide bonds. The standard InChI is InChI=1S/C21H29N3O5/c1-14-9-11-23(12-10-14)18-8-7-16(13-19(18)24(27)28)21(26)29-15(2)20(25)22-17-5-3-4-6-17/h7-8,13-15,17H,3-6,9-12H2,1-2H3,(H,22,25). The number of ether oxygens (including phenoxy) is 1. The van der Waals surface area contributed by atoms with E-state index in [1.54, 1.807) is 6.07 Å². The minimum atomic E-state index is -0.953. The van der Waals surface area contributed by atoms with Gasteiger partial charge in [-0.15, -0.1) is 0 Å². The maximum Gasteiger partial charge on any atom is 0.339 e. The number of piperidine rings is 1. The van der Waals surface area contributed by atoms with Gasteiger partial charge >= 0.3 is 5.97 Å². The quantitative estimate of drug-likeness (QED) is 0.443. The zero-order valence-electron chi connectivity index (χ0n) is 17.1. The van der Waals surface area contributed by atoms with Crippen LogP contribution in [-0.2, 0) is 9.53 Å². The van der Waals surface area contributed by atoms with Gasteiger partial charge in [-0.25, -0.2) is 4.79 Å². The molecule has 0 radical (unpaired) electrons. The number of nitro groups is 1. The second kappa shape index (κ2) is 9.24. The van der Waals surface area contributed by atoms with Crippen molar-refractivity contribution in [2.75, 3.05) is 18.0 Å². The van der Waals surface area contributed by atoms with E-state index in [-0.39, 0.29) is 23.2 Å². The molecule has 1 heterocycles. The molecule has 1 saturated heterocycles. The summed E-state index contributed by atoms with van der Waals surface area (Å²) in [5.41, 5.74) is 0.480. The van der Waals surface area contributed by atoms with Crippen molar-refractivity contribution in [1.82, 2.24) is 5.32 Å². The third-order valence-electron chi connectivity index (χ3n) is 5.89. The van der Waals surface area contributed by atoms with Crippen LogP contribution in [0.5, 0.6) is 0 Å². The fourth-order valence-electron chi connectivity index (χ4n) is 3.98. The molecular formula is C21H29N3O5. The Balaban J connectivity index is 1.67. The van der Waals surface area contributed by atoms with Crippen molar-refractivity contribution < 1.29 is 19.2 Å². The summed E-state index contributed by atoms with van der Waals surface area (Å²) in [5, 5.41) is 14.5. The number of anilines is 1. The van der Waals surface area contributed by atoms with Crippen LogP contribution in [0.15, 0.2) is 18.2 Å². The van der Waals surface area contributed by atoms with E-state index in [1.165, 1.54) is 19.1 Å². The lowest BCUT2D eigenvalue weighted by Gasteiger charge is -2.31. The first-order valence-electron chi connectivity index (χ1n) is 10.4. The average Bonchev–Trinajstić information content (AvgIpc) is 3.21. The highest BCUT2D eigenvalue weighted by Gasteiger charge is 2.27. The van der Waals surface area contributed by atoms with Gasteiger partial charge in [0, 0.05) is 25.2 Å². The monoisotopic (exact) mass is 403 g/mol. The van der Waals surface area contributed by atoms with Gasteiger partial charge in [0.25, 0.3) is 11.6 Å². The molecule has 0 aromatic heterocycles. The number of carbonyl (C=O) groups is 2. The molecular weight excluding hydrogens is 374 g/mol. The van der Waals surface area contributed by atoms with Crippen LogP contribution >= 0.6 is 0 Å². The van der Waals surface area contributed by atoms with Crippen LogP contribution in [0, 0.1) is 16.0 Å². The first-order valence-corrected chi connectivity index (χ1v) is 10.4. The second-order valence-electron chi connectivity index (χ2n) is 8.17. The number of nitrogens with one attached hydrogen (secondary N) is 1. The molecule has 1 saturated carbocycles. The van der Waals surface area contributed by atoms with Crippen molar-refractivity contribution in [2.45, 2.75) is 64.5 Å². The van der Waals surface area contributed by atoms with Crippen molar-refractivity contribution in [1.29, 1.82) is 0 Å². The molecule has 1 aromatic rings. The molecule has 3 rings (SSSR count). The molecule has 8 heteroatoms. The number of nitro benzene ring substituents is 1. The van der Waals surface area contributed by atoms with Crippen molar-refractivity contribution in [3.63, 3.8) is 0 Å². The van der Waals surface area contributed by atoms with Gasteiger partial charge in [-0.2, -0.15) is 0 Å². The van der Waals surface area contributed by atoms with E-state index in [1.807, 2.05) is 4.90 Å². The predicted molar refractivity (Wildman–Crippen MR) is 109 cm³/mol. The van der Waals surface area contributed by atoms with Crippen molar-refractivity contribution in [3.05, 3.63) is 33.9 Å². The molecule has 2 fully saturated rings. The topological polar surface area (TPSA) is 102 Å². The Morgan fingerprint density at radius 2 is 1.86 bits per heavy atom. The Labute approximate surface area is 170 Å². The third-order valence-corrected chi connectivity index (χ3v) is 5.89. The summed E-state index contributed by atoms with van der Waals surface area (Å²) in [4.78, 5) is 37.8. The van der Waals surface area contributed by atoms with Gasteiger partial charge < -0.3 is 15.0 Å². The lowest BCUT2D eigenvalue weighted by molar-refractivity contribution is -0.384. The summed E-state index contributed by atoms with van der Waals surface area (Å²) in [6, 6.07) is 4.52. The molecule has 1 aliphatic heterocycles. The first-order chi connectivity index (χ1) is 13.8. The molecule has 158 valence electrons. The Bertz CT molecular complexity index is 768. The molecule has 1 unspecified atom stereocenters. The van der Waals surface area contributed by atoms with Gasteiger partial charge in [0.2, 0.25) is 0 Å². The summed E-state index contributed by atoms with van der Waals surface area (Å²) < 4.78 is 5.26. The molecule has 8 nitrogen and oxygen atoms in total. The Morgan fingerprint density at radius 1 is 1.21 bits per heavy atom. The molecule has 0 bridgehead atoms. The Morgan fingerprint density at radius 3 is 2.48 bits per heavy atom. The van der Waals surface area contributed by atoms with E-state index < -0.39 is 17.0 Å². The van der Waals surface area contributed by atoms with E-state index in [9.17, 15) is 19.7 Å². The van der Waals surface area contributed by atoms with Crippen molar-refractivity contribution in [3.8, 4) is 0 Å². The van der Waals surface area contributed by atoms with Gasteiger partial charge in [-0.3, -0.25) is 14.9 Å². The number of nitrogens with zero attached hydrogens (tertiary/aromatic N) is 2. The lowest BCUT2D eigenvalue weighted by atomic mass is 9.98. The molecule has 29 heavy (non-hydrogen) atoms. The highest BCUT2D eigenvalue weighted by atomic mass is 16.6. The summed E-state index contributed by atoms with van der Waals surface area (Å²) >= 11 is 0. The molecule has 0 spiro atoms. The van der Waals surface area contributed by atoms with Crippen LogP contribution in [0.1, 0.15) is 62.7 Å². The van der Waals surface area contributed by atoms with Crippen LogP contribution < -0.4 is 10.2 Å². The highest BCUT2D eigenvalue weighted by Crippen LogP contribution is 2.32. The number of amides is 1. The minimum Gasteiger partial charge on any atom is -0.449 e. The third kappa shape index (κ3) is 5.25. The number of rotatable bonds is 6. The largest absolute Gasteiger partial charge is 0.449 e. The molecule has 2 aliphatic rings. The zero-order chi connectivity index (χ0) is 21.0. The van der Waals surface area contributed by atoms with E-state index in [4.69, 9.17) is 4.74 Å². The molecule has 1 atom stereocenters. The SMILES string of the molecule is CC1CCN(c2ccc(C(=O)OC(C)C(=O)NC3CCCC3)cc2[N+](=O)[O-])CC1. The smallest absolute Gasteiger partial charge is 0.339 e. The fraction of sp³-hybridized carbons (Fsp3) is 0.619. The maximum atomic E-state index is 12.5. The molecule has 1 aromatic carbocycles. The maximum absolute atomic E-state index is 12.5. The summed E-state index contributed by atoms with van der Waals surface area (Å²) in [7, 11) is 0. The van der Waals surface area contributed by atoms with Crippen molar-refractivity contribution in [2.24, 2.45) is 5.92 Å². The zero-order valence-corrected chi connectivity index (χ0v) is 17.1. The van der Waals surface area contributed by atoms with Crippen LogP contribution in [-0.4, -0.2) is 42.0 Å². The number of carbonyl (C=O) groups excluding carboxylic acids is 2. The lowest BCUT2D eigenvalue weighted by Crippen LogP contribution is -2.40. The van der Waals surface area contributed by atoms with E-state index in [0.717, 1.165) is 51.6 Å². The number of hydrogen-bond donors (Lipinski definition) is 1. The van der Waals surface area contributed by atoms with Gasteiger partial charge in [-0.05, 0) is 50.7 Å². The summed E-state index contributed by atoms with van der Waals surface area (Å²) in [6.07, 6.45) is 5.06. The Hall–Kier alpha value is -2.64. The molecule has 1 aliphatic carbocycles. The van der Waals surface area contributed by atoms with Gasteiger partial charge in [0.05, 0.1) is 10.5 Å². The highest BCUT2D eigenvalue weighted by molar-refractivity contribution is 5.93. The fourth-order valence-corrected chi connectivity index (χ4v) is 3.98. The first kappa shape index (κ1) is 21.1. The second-order valence-corrected chi connectivity index (χ2v) is 8.17.